The number of rotatable bonds is 8. The number of H-pyrrole nitrogens is 1. The van der Waals surface area contributed by atoms with E-state index in [1.54, 1.807) is 13.2 Å². The van der Waals surface area contributed by atoms with Gasteiger partial charge in [0, 0.05) is 18.1 Å². The maximum absolute atomic E-state index is 12.8. The molecule has 1 aromatic carbocycles. The van der Waals surface area contributed by atoms with Crippen molar-refractivity contribution >= 4 is 23.5 Å². The maximum atomic E-state index is 12.8. The molecule has 0 saturated heterocycles. The summed E-state index contributed by atoms with van der Waals surface area (Å²) in [6.07, 6.45) is 2.77. The van der Waals surface area contributed by atoms with E-state index in [2.05, 4.69) is 21.9 Å². The number of hydrogen-bond donors (Lipinski definition) is 2. The number of hydrogen-bond acceptors (Lipinski definition) is 6. The third-order valence-corrected chi connectivity index (χ3v) is 5.19. The summed E-state index contributed by atoms with van der Waals surface area (Å²) in [5.41, 5.74) is 0.995. The van der Waals surface area contributed by atoms with Gasteiger partial charge in [0.05, 0.1) is 19.3 Å². The molecule has 0 aliphatic carbocycles. The second-order valence-corrected chi connectivity index (χ2v) is 7.31. The molecule has 2 heterocycles. The zero-order chi connectivity index (χ0) is 20.1. The summed E-state index contributed by atoms with van der Waals surface area (Å²) in [7, 11) is 1.57. The van der Waals surface area contributed by atoms with E-state index in [4.69, 9.17) is 9.47 Å². The minimum absolute atomic E-state index is 0.162. The molecule has 1 aromatic heterocycles. The quantitative estimate of drug-likeness (QED) is 0.400. The number of nitrogens with zero attached hydrogens (tertiary/aromatic N) is 1. The Balaban J connectivity index is 2.01. The van der Waals surface area contributed by atoms with Gasteiger partial charge >= 0.3 is 0 Å². The Bertz CT molecular complexity index is 942. The monoisotopic (exact) mass is 401 g/mol. The van der Waals surface area contributed by atoms with E-state index in [1.807, 2.05) is 25.1 Å². The highest BCUT2D eigenvalue weighted by Gasteiger charge is 2.31. The van der Waals surface area contributed by atoms with Crippen LogP contribution in [0.3, 0.4) is 0 Å². The SMILES string of the molecule is C=CCSc1nc2c(c(=O)[nH]1)C(c1ccc(OCCC)c(OC)c1)CC(=O)N2. The van der Waals surface area contributed by atoms with Gasteiger partial charge in [-0.1, -0.05) is 30.8 Å². The van der Waals surface area contributed by atoms with Crippen molar-refractivity contribution in [1.29, 1.82) is 0 Å². The van der Waals surface area contributed by atoms with Crippen molar-refractivity contribution in [3.8, 4) is 11.5 Å². The lowest BCUT2D eigenvalue weighted by Gasteiger charge is -2.25. The van der Waals surface area contributed by atoms with Gasteiger partial charge in [-0.15, -0.1) is 6.58 Å². The Hall–Kier alpha value is -2.74. The Morgan fingerprint density at radius 1 is 1.36 bits per heavy atom. The van der Waals surface area contributed by atoms with E-state index in [0.717, 1.165) is 12.0 Å². The predicted octanol–water partition coefficient (Wildman–Crippen LogP) is 3.32. The number of aromatic amines is 1. The van der Waals surface area contributed by atoms with Gasteiger partial charge in [-0.05, 0) is 24.1 Å². The number of thioether (sulfide) groups is 1. The fourth-order valence-electron chi connectivity index (χ4n) is 3.07. The van der Waals surface area contributed by atoms with E-state index >= 15 is 0 Å². The Kier molecular flexibility index (Phi) is 6.41. The summed E-state index contributed by atoms with van der Waals surface area (Å²) in [4.78, 5) is 32.2. The highest BCUT2D eigenvalue weighted by Crippen LogP contribution is 2.38. The highest BCUT2D eigenvalue weighted by atomic mass is 32.2. The van der Waals surface area contributed by atoms with E-state index in [0.29, 0.717) is 40.4 Å². The number of anilines is 1. The number of nitrogens with one attached hydrogen (secondary N) is 2. The molecular formula is C20H23N3O4S. The average molecular weight is 401 g/mol. The van der Waals surface area contributed by atoms with E-state index in [-0.39, 0.29) is 17.9 Å². The number of aromatic nitrogens is 2. The van der Waals surface area contributed by atoms with Crippen LogP contribution in [0, 0.1) is 0 Å². The molecule has 1 unspecified atom stereocenters. The Labute approximate surface area is 167 Å². The molecule has 1 amide bonds. The van der Waals surface area contributed by atoms with Gasteiger partial charge in [-0.3, -0.25) is 9.59 Å². The maximum Gasteiger partial charge on any atom is 0.257 e. The molecule has 0 bridgehead atoms. The summed E-state index contributed by atoms with van der Waals surface area (Å²) in [6.45, 7) is 6.27. The number of amides is 1. The summed E-state index contributed by atoms with van der Waals surface area (Å²) in [6, 6.07) is 5.49. The molecule has 3 rings (SSSR count). The summed E-state index contributed by atoms with van der Waals surface area (Å²) >= 11 is 1.35. The number of fused-ring (bicyclic) bond motifs is 1. The van der Waals surface area contributed by atoms with Crippen LogP contribution in [0.15, 0.2) is 40.8 Å². The third-order valence-electron chi connectivity index (χ3n) is 4.32. The summed E-state index contributed by atoms with van der Waals surface area (Å²) in [5, 5.41) is 3.17. The molecule has 7 nitrogen and oxygen atoms in total. The van der Waals surface area contributed by atoms with Crippen molar-refractivity contribution in [2.24, 2.45) is 0 Å². The fraction of sp³-hybridized carbons (Fsp3) is 0.350. The van der Waals surface area contributed by atoms with Crippen molar-refractivity contribution in [2.45, 2.75) is 30.8 Å². The van der Waals surface area contributed by atoms with Gasteiger partial charge in [-0.25, -0.2) is 4.98 Å². The normalized spacial score (nSPS) is 15.5. The molecule has 2 aromatic rings. The minimum atomic E-state index is -0.410. The van der Waals surface area contributed by atoms with Crippen LogP contribution in [0.4, 0.5) is 5.82 Å². The molecule has 2 N–H and O–H groups in total. The number of ether oxygens (including phenoxy) is 2. The molecule has 0 saturated carbocycles. The lowest BCUT2D eigenvalue weighted by Crippen LogP contribution is -2.31. The Morgan fingerprint density at radius 3 is 2.89 bits per heavy atom. The number of methoxy groups -OCH3 is 1. The van der Waals surface area contributed by atoms with Crippen LogP contribution in [-0.2, 0) is 4.79 Å². The second kappa shape index (κ2) is 8.97. The number of benzene rings is 1. The van der Waals surface area contributed by atoms with Crippen LogP contribution in [0.25, 0.3) is 0 Å². The second-order valence-electron chi connectivity index (χ2n) is 6.30. The standard InChI is InChI=1S/C20H23N3O4S/c1-4-8-27-14-7-6-12(10-15(14)26-3)13-11-16(24)21-18-17(13)19(25)23-20(22-18)28-9-5-2/h5-7,10,13H,2,4,8-9,11H2,1,3H3,(H2,21,22,23,24,25). The largest absolute Gasteiger partial charge is 0.493 e. The van der Waals surface area contributed by atoms with Crippen LogP contribution >= 0.6 is 11.8 Å². The zero-order valence-electron chi connectivity index (χ0n) is 15.9. The van der Waals surface area contributed by atoms with Crippen LogP contribution in [0.5, 0.6) is 11.5 Å². The Morgan fingerprint density at radius 2 is 2.18 bits per heavy atom. The van der Waals surface area contributed by atoms with E-state index in [1.165, 1.54) is 11.8 Å². The highest BCUT2D eigenvalue weighted by molar-refractivity contribution is 7.99. The number of carbonyl (C=O) groups excluding carboxylic acids is 1. The van der Waals surface area contributed by atoms with Crippen LogP contribution < -0.4 is 20.3 Å². The van der Waals surface area contributed by atoms with Crippen molar-refractivity contribution in [2.75, 3.05) is 24.8 Å². The smallest absolute Gasteiger partial charge is 0.257 e. The molecule has 1 aliphatic heterocycles. The average Bonchev–Trinajstić information content (AvgIpc) is 2.69. The van der Waals surface area contributed by atoms with Gasteiger partial charge in [0.25, 0.3) is 5.56 Å². The molecule has 0 fully saturated rings. The molecular weight excluding hydrogens is 378 g/mol. The molecule has 28 heavy (non-hydrogen) atoms. The van der Waals surface area contributed by atoms with Crippen LogP contribution in [0.2, 0.25) is 0 Å². The fourth-order valence-corrected chi connectivity index (χ4v) is 3.67. The summed E-state index contributed by atoms with van der Waals surface area (Å²) < 4.78 is 11.1. The van der Waals surface area contributed by atoms with Crippen LogP contribution in [-0.4, -0.2) is 35.3 Å². The molecule has 0 spiro atoms. The molecule has 1 atom stereocenters. The minimum Gasteiger partial charge on any atom is -0.493 e. The zero-order valence-corrected chi connectivity index (χ0v) is 16.7. The van der Waals surface area contributed by atoms with Gasteiger partial charge in [0.2, 0.25) is 5.91 Å². The van der Waals surface area contributed by atoms with E-state index in [9.17, 15) is 9.59 Å². The summed E-state index contributed by atoms with van der Waals surface area (Å²) in [5.74, 6) is 1.53. The third kappa shape index (κ3) is 4.22. The number of carbonyl (C=O) groups is 1. The predicted molar refractivity (Wildman–Crippen MR) is 110 cm³/mol. The topological polar surface area (TPSA) is 93.3 Å². The lowest BCUT2D eigenvalue weighted by atomic mass is 9.86. The molecule has 148 valence electrons. The van der Waals surface area contributed by atoms with Crippen molar-refractivity contribution < 1.29 is 14.3 Å². The van der Waals surface area contributed by atoms with Gasteiger partial charge in [-0.2, -0.15) is 0 Å². The van der Waals surface area contributed by atoms with Crippen molar-refractivity contribution in [3.63, 3.8) is 0 Å². The van der Waals surface area contributed by atoms with Gasteiger partial charge < -0.3 is 19.8 Å². The van der Waals surface area contributed by atoms with Crippen LogP contribution in [0.1, 0.15) is 36.8 Å². The van der Waals surface area contributed by atoms with Crippen molar-refractivity contribution in [3.05, 3.63) is 52.3 Å². The first-order chi connectivity index (χ1) is 13.6. The molecule has 8 heteroatoms. The first-order valence-electron chi connectivity index (χ1n) is 9.05. The lowest BCUT2D eigenvalue weighted by molar-refractivity contribution is -0.116. The van der Waals surface area contributed by atoms with E-state index < -0.39 is 5.92 Å². The molecule has 1 aliphatic rings. The van der Waals surface area contributed by atoms with Gasteiger partial charge in [0.15, 0.2) is 16.7 Å². The first-order valence-corrected chi connectivity index (χ1v) is 10.0. The molecule has 0 radical (unpaired) electrons. The van der Waals surface area contributed by atoms with Gasteiger partial charge in [0.1, 0.15) is 5.82 Å². The van der Waals surface area contributed by atoms with Crippen molar-refractivity contribution in [1.82, 2.24) is 9.97 Å². The first kappa shape index (κ1) is 20.0.